The highest BCUT2D eigenvalue weighted by Crippen LogP contribution is 2.28. The van der Waals surface area contributed by atoms with Gasteiger partial charge < -0.3 is 5.32 Å². The Hall–Kier alpha value is -1.60. The zero-order chi connectivity index (χ0) is 15.5. The molecule has 0 aromatic heterocycles. The van der Waals surface area contributed by atoms with Crippen LogP contribution in [-0.4, -0.2) is 6.54 Å². The van der Waals surface area contributed by atoms with Crippen molar-refractivity contribution in [3.63, 3.8) is 0 Å². The van der Waals surface area contributed by atoms with Gasteiger partial charge in [-0.05, 0) is 46.7 Å². The average Bonchev–Trinajstić information content (AvgIpc) is 2.44. The highest BCUT2D eigenvalue weighted by molar-refractivity contribution is 5.68. The Kier molecular flexibility index (Phi) is 4.84. The molecule has 0 radical (unpaired) electrons. The van der Waals surface area contributed by atoms with Crippen LogP contribution < -0.4 is 5.32 Å². The Morgan fingerprint density at radius 3 is 2.14 bits per heavy atom. The molecule has 2 aromatic rings. The summed E-state index contributed by atoms with van der Waals surface area (Å²) < 4.78 is 0. The van der Waals surface area contributed by atoms with Crippen LogP contribution in [0.15, 0.2) is 42.5 Å². The van der Waals surface area contributed by atoms with Gasteiger partial charge in [0.05, 0.1) is 0 Å². The van der Waals surface area contributed by atoms with Crippen LogP contribution in [0, 0.1) is 6.92 Å². The van der Waals surface area contributed by atoms with Crippen molar-refractivity contribution in [2.24, 2.45) is 0 Å². The van der Waals surface area contributed by atoms with E-state index >= 15 is 0 Å². The van der Waals surface area contributed by atoms with E-state index in [2.05, 4.69) is 82.4 Å². The fraction of sp³-hybridized carbons (Fsp3) is 0.400. The van der Waals surface area contributed by atoms with E-state index in [1.807, 2.05) is 0 Å². The molecule has 0 spiro atoms. The summed E-state index contributed by atoms with van der Waals surface area (Å²) in [6.45, 7) is 13.0. The maximum absolute atomic E-state index is 3.38. The molecule has 2 aromatic carbocycles. The molecule has 0 unspecified atom stereocenters. The predicted octanol–water partition coefficient (Wildman–Crippen LogP) is 5.07. The van der Waals surface area contributed by atoms with E-state index in [0.717, 1.165) is 13.1 Å². The third kappa shape index (κ3) is 3.95. The zero-order valence-corrected chi connectivity index (χ0v) is 14.0. The first-order chi connectivity index (χ1) is 9.91. The number of nitrogens with one attached hydrogen (secondary N) is 1. The quantitative estimate of drug-likeness (QED) is 0.825. The number of rotatable bonds is 4. The fourth-order valence-electron chi connectivity index (χ4n) is 2.58. The molecule has 0 atom stereocenters. The maximum Gasteiger partial charge on any atom is 0.0205 e. The monoisotopic (exact) mass is 281 g/mol. The molecule has 0 bridgehead atoms. The third-order valence-corrected chi connectivity index (χ3v) is 3.93. The molecule has 0 aliphatic heterocycles. The average molecular weight is 281 g/mol. The topological polar surface area (TPSA) is 12.0 Å². The minimum atomic E-state index is 0.212. The van der Waals surface area contributed by atoms with Gasteiger partial charge in [-0.25, -0.2) is 0 Å². The lowest BCUT2D eigenvalue weighted by molar-refractivity contribution is 0.590. The molecule has 21 heavy (non-hydrogen) atoms. The van der Waals surface area contributed by atoms with E-state index in [-0.39, 0.29) is 5.41 Å². The van der Waals surface area contributed by atoms with E-state index in [1.165, 1.54) is 27.8 Å². The summed E-state index contributed by atoms with van der Waals surface area (Å²) in [6.07, 6.45) is 0. The SMILES string of the molecule is CCNCc1ccc(-c2ccc(C(C)(C)C)cc2)c(C)c1. The Balaban J connectivity index is 2.26. The molecule has 1 heteroatoms. The van der Waals surface area contributed by atoms with Crippen LogP contribution in [-0.2, 0) is 12.0 Å². The number of hydrogen-bond donors (Lipinski definition) is 1. The van der Waals surface area contributed by atoms with E-state index in [1.54, 1.807) is 0 Å². The molecule has 112 valence electrons. The van der Waals surface area contributed by atoms with Crippen LogP contribution in [0.2, 0.25) is 0 Å². The van der Waals surface area contributed by atoms with Crippen LogP contribution >= 0.6 is 0 Å². The third-order valence-electron chi connectivity index (χ3n) is 3.93. The van der Waals surface area contributed by atoms with E-state index < -0.39 is 0 Å². The number of hydrogen-bond acceptors (Lipinski definition) is 1. The number of benzene rings is 2. The van der Waals surface area contributed by atoms with Crippen LogP contribution in [0.4, 0.5) is 0 Å². The molecule has 0 aliphatic carbocycles. The minimum Gasteiger partial charge on any atom is -0.313 e. The summed E-state index contributed by atoms with van der Waals surface area (Å²) in [4.78, 5) is 0. The predicted molar refractivity (Wildman–Crippen MR) is 92.7 cm³/mol. The van der Waals surface area contributed by atoms with Crippen LogP contribution in [0.1, 0.15) is 44.4 Å². The van der Waals surface area contributed by atoms with Crippen molar-refractivity contribution in [3.8, 4) is 11.1 Å². The summed E-state index contributed by atoms with van der Waals surface area (Å²) in [7, 11) is 0. The Labute approximate surface area is 129 Å². The van der Waals surface area contributed by atoms with Gasteiger partial charge in [0.1, 0.15) is 0 Å². The largest absolute Gasteiger partial charge is 0.313 e. The summed E-state index contributed by atoms with van der Waals surface area (Å²) in [5.41, 5.74) is 6.92. The normalized spacial score (nSPS) is 11.7. The summed E-state index contributed by atoms with van der Waals surface area (Å²) in [6, 6.07) is 15.7. The Bertz CT molecular complexity index is 588. The van der Waals surface area contributed by atoms with Crippen molar-refractivity contribution in [3.05, 3.63) is 59.2 Å². The lowest BCUT2D eigenvalue weighted by Crippen LogP contribution is -2.11. The molecule has 0 saturated carbocycles. The van der Waals surface area contributed by atoms with E-state index in [0.29, 0.717) is 0 Å². The van der Waals surface area contributed by atoms with Gasteiger partial charge in [-0.15, -0.1) is 0 Å². The molecule has 2 rings (SSSR count). The van der Waals surface area contributed by atoms with E-state index in [9.17, 15) is 0 Å². The van der Waals surface area contributed by atoms with Gasteiger partial charge in [0.2, 0.25) is 0 Å². The first kappa shape index (κ1) is 15.8. The highest BCUT2D eigenvalue weighted by atomic mass is 14.8. The summed E-state index contributed by atoms with van der Waals surface area (Å²) in [5.74, 6) is 0. The van der Waals surface area contributed by atoms with Crippen molar-refractivity contribution in [2.75, 3.05) is 6.54 Å². The molecule has 0 fully saturated rings. The molecular weight excluding hydrogens is 254 g/mol. The second-order valence-electron chi connectivity index (χ2n) is 6.76. The Morgan fingerprint density at radius 2 is 1.62 bits per heavy atom. The summed E-state index contributed by atoms with van der Waals surface area (Å²) in [5, 5.41) is 3.38. The van der Waals surface area contributed by atoms with Crippen LogP contribution in [0.3, 0.4) is 0 Å². The van der Waals surface area contributed by atoms with E-state index in [4.69, 9.17) is 0 Å². The van der Waals surface area contributed by atoms with Crippen molar-refractivity contribution in [1.82, 2.24) is 5.32 Å². The second kappa shape index (κ2) is 6.44. The first-order valence-corrected chi connectivity index (χ1v) is 7.83. The molecule has 0 aliphatic rings. The summed E-state index contributed by atoms with van der Waals surface area (Å²) >= 11 is 0. The van der Waals surface area contributed by atoms with Gasteiger partial charge in [0.15, 0.2) is 0 Å². The second-order valence-corrected chi connectivity index (χ2v) is 6.76. The first-order valence-electron chi connectivity index (χ1n) is 7.83. The molecular formula is C20H27N. The zero-order valence-electron chi connectivity index (χ0n) is 14.0. The van der Waals surface area contributed by atoms with Gasteiger partial charge in [-0.3, -0.25) is 0 Å². The molecule has 1 nitrogen and oxygen atoms in total. The minimum absolute atomic E-state index is 0.212. The molecule has 0 amide bonds. The fourth-order valence-corrected chi connectivity index (χ4v) is 2.58. The highest BCUT2D eigenvalue weighted by Gasteiger charge is 2.13. The lowest BCUT2D eigenvalue weighted by Gasteiger charge is -2.19. The smallest absolute Gasteiger partial charge is 0.0205 e. The molecule has 0 saturated heterocycles. The number of aryl methyl sites for hydroxylation is 1. The van der Waals surface area contributed by atoms with Crippen LogP contribution in [0.5, 0.6) is 0 Å². The van der Waals surface area contributed by atoms with Gasteiger partial charge in [-0.2, -0.15) is 0 Å². The van der Waals surface area contributed by atoms with Gasteiger partial charge in [0.25, 0.3) is 0 Å². The van der Waals surface area contributed by atoms with Crippen molar-refractivity contribution in [1.29, 1.82) is 0 Å². The molecule has 1 N–H and O–H groups in total. The van der Waals surface area contributed by atoms with Crippen molar-refractivity contribution in [2.45, 2.75) is 46.6 Å². The standard InChI is InChI=1S/C20H27N/c1-6-21-14-16-7-12-19(15(2)13-16)17-8-10-18(11-9-17)20(3,4)5/h7-13,21H,6,14H2,1-5H3. The van der Waals surface area contributed by atoms with Gasteiger partial charge in [0, 0.05) is 6.54 Å². The molecule has 0 heterocycles. The lowest BCUT2D eigenvalue weighted by atomic mass is 9.86. The van der Waals surface area contributed by atoms with Crippen molar-refractivity contribution >= 4 is 0 Å². The van der Waals surface area contributed by atoms with Gasteiger partial charge >= 0.3 is 0 Å². The van der Waals surface area contributed by atoms with Crippen LogP contribution in [0.25, 0.3) is 11.1 Å². The van der Waals surface area contributed by atoms with Gasteiger partial charge in [-0.1, -0.05) is 70.2 Å². The van der Waals surface area contributed by atoms with Crippen molar-refractivity contribution < 1.29 is 0 Å². The maximum atomic E-state index is 3.38. The Morgan fingerprint density at radius 1 is 0.952 bits per heavy atom.